The number of hydrogen-bond acceptors (Lipinski definition) is 6. The maximum absolute atomic E-state index is 2.84. The van der Waals surface area contributed by atoms with E-state index in [0.717, 1.165) is 101 Å². The molecule has 135 heavy (non-hydrogen) atoms. The highest BCUT2D eigenvalue weighted by Crippen LogP contribution is 2.59. The molecule has 0 fully saturated rings. The number of anilines is 12. The summed E-state index contributed by atoms with van der Waals surface area (Å²) in [5.74, 6) is 0. The van der Waals surface area contributed by atoms with Crippen LogP contribution in [0.3, 0.4) is 0 Å². The van der Waals surface area contributed by atoms with Crippen LogP contribution in [-0.2, 0) is 5.41 Å². The Balaban J connectivity index is 0.872. The second kappa shape index (κ2) is 30.2. The van der Waals surface area contributed by atoms with Crippen LogP contribution in [0.15, 0.2) is 408 Å². The van der Waals surface area contributed by atoms with Crippen molar-refractivity contribution in [3.05, 3.63) is 427 Å². The molecule has 0 unspecified atom stereocenters. The number of para-hydroxylation sites is 6. The molecule has 0 spiro atoms. The largest absolute Gasteiger partial charge is 0.311 e. The lowest BCUT2D eigenvalue weighted by atomic mass is 9.29. The molecule has 6 aliphatic heterocycles. The number of hydrogen-bond donors (Lipinski definition) is 0. The maximum atomic E-state index is 2.84. The van der Waals surface area contributed by atoms with E-state index in [1.54, 1.807) is 0 Å². The van der Waals surface area contributed by atoms with Gasteiger partial charge in [-0.1, -0.05) is 370 Å². The summed E-state index contributed by atoms with van der Waals surface area (Å²) in [6, 6.07) is 150. The lowest BCUT2D eigenvalue weighted by Gasteiger charge is -2.50. The average Bonchev–Trinajstić information content (AvgIpc) is 0.901. The normalized spacial score (nSPS) is 13.5. The third kappa shape index (κ3) is 11.8. The summed E-state index contributed by atoms with van der Waals surface area (Å²) in [5, 5.41) is 4.91. The summed E-state index contributed by atoms with van der Waals surface area (Å²) in [6.45, 7) is 20.4. The highest BCUT2D eigenvalue weighted by Gasteiger charge is 2.55. The van der Waals surface area contributed by atoms with Crippen LogP contribution in [0.5, 0.6) is 0 Å². The van der Waals surface area contributed by atoms with Crippen LogP contribution in [0.4, 0.5) is 68.2 Å². The van der Waals surface area contributed by atoms with Crippen molar-refractivity contribution in [2.24, 2.45) is 0 Å². The van der Waals surface area contributed by atoms with Gasteiger partial charge in [-0.15, -0.1) is 0 Å². The molecule has 0 aliphatic carbocycles. The Kier molecular flexibility index (Phi) is 17.8. The standard InChI is InChI=1S/C124H91B3N6S2/c1-74-62-76(3)118(77(4)63-74)130-103-70-101-93(91-50-28-32-58-99(91)128(101)85-46-24-14-25-47-85)68-97(103)125-95-56-30-34-60-111(95)134-122-114(125)107(130)72-109-116(122)127-113-105(132(109)120-87(80-38-16-10-17-39-80)52-36-53-88(120)81-40-18-11-19-41-81)66-84(124(7,8)9)67-106(113)133(121-89(82-42-20-12-21-43-82)54-37-55-90(121)83-44-22-13-23-45-83)110-73-108-115-123(117(110)127)135-112-61-35-31-57-96(112)126(115)98-69-94-92-51-29-33-59-100(92)129(86-48-26-15-27-49-86)102(94)71-104(98)131(108)119-78(5)64-75(2)65-79(119)6/h10-73H,1-9H3. The van der Waals surface area contributed by atoms with Gasteiger partial charge in [-0.2, -0.15) is 0 Å². The molecule has 0 amide bonds. The van der Waals surface area contributed by atoms with Crippen LogP contribution in [0.1, 0.15) is 59.7 Å². The minimum atomic E-state index is -0.444. The van der Waals surface area contributed by atoms with E-state index in [1.807, 2.05) is 23.5 Å². The first-order chi connectivity index (χ1) is 66.1. The predicted molar refractivity (Wildman–Crippen MR) is 578 cm³/mol. The van der Waals surface area contributed by atoms with Gasteiger partial charge in [-0.3, -0.25) is 0 Å². The van der Waals surface area contributed by atoms with E-state index in [0.29, 0.717) is 0 Å². The van der Waals surface area contributed by atoms with Gasteiger partial charge >= 0.3 is 0 Å². The Bertz CT molecular complexity index is 7990. The van der Waals surface area contributed by atoms with Gasteiger partial charge in [-0.25, -0.2) is 0 Å². The van der Waals surface area contributed by atoms with E-state index in [2.05, 4.69) is 479 Å². The maximum Gasteiger partial charge on any atom is 0.255 e. The molecule has 21 aromatic rings. The summed E-state index contributed by atoms with van der Waals surface area (Å²) in [7, 11) is 0. The fraction of sp³-hybridized carbons (Fsp3) is 0.0806. The van der Waals surface area contributed by atoms with Crippen LogP contribution in [0.2, 0.25) is 0 Å². The second-order valence-electron chi connectivity index (χ2n) is 38.8. The van der Waals surface area contributed by atoms with Crippen molar-refractivity contribution >= 4 is 205 Å². The molecular formula is C124H91B3N6S2. The number of nitrogens with zero attached hydrogens (tertiary/aromatic N) is 6. The summed E-state index contributed by atoms with van der Waals surface area (Å²) < 4.78 is 5.04. The van der Waals surface area contributed by atoms with Gasteiger partial charge in [0.15, 0.2) is 0 Å². The SMILES string of the molecule is Cc1cc(C)c(N2c3cc4c(cc3B3c5ccccc5Sc5c3c2cc2c5B3c5c(cc(C(C)(C)C)cc5N(c5c(-c6ccccc6)cccc5-c5ccccc5)c5cc6c7c(c53)Sc3ccccc3B7c3cc5c7ccccc7n(-c7ccccc7)c5cc3N6c3c(C)cc(C)cc3C)N2c2c(-c3ccccc3)cccc2-c2ccccc2)c2ccccc2n4-c2ccccc2)c(C)c1. The first kappa shape index (κ1) is 79.6. The third-order valence-electron chi connectivity index (χ3n) is 29.8. The molecule has 0 N–H and O–H groups in total. The molecule has 2 aromatic heterocycles. The molecule has 0 radical (unpaired) electrons. The summed E-state index contributed by atoms with van der Waals surface area (Å²) in [6.07, 6.45) is 0. The third-order valence-corrected chi connectivity index (χ3v) is 32.2. The van der Waals surface area contributed by atoms with Crippen molar-refractivity contribution in [1.82, 2.24) is 9.13 Å². The fourth-order valence-electron chi connectivity index (χ4n) is 24.5. The molecule has 638 valence electrons. The molecule has 8 heterocycles. The minimum Gasteiger partial charge on any atom is -0.311 e. The lowest BCUT2D eigenvalue weighted by Crippen LogP contribution is -2.68. The molecular weight excluding hydrogens is 1670 g/mol. The number of aromatic nitrogens is 2. The monoisotopic (exact) mass is 1760 g/mol. The zero-order valence-electron chi connectivity index (χ0n) is 76.7. The Morgan fingerprint density at radius 1 is 0.230 bits per heavy atom. The van der Waals surface area contributed by atoms with E-state index < -0.39 is 12.1 Å². The highest BCUT2D eigenvalue weighted by atomic mass is 32.2. The van der Waals surface area contributed by atoms with Gasteiger partial charge in [0.1, 0.15) is 0 Å². The zero-order chi connectivity index (χ0) is 90.2. The minimum absolute atomic E-state index is 0.235. The predicted octanol–water partition coefficient (Wildman–Crippen LogP) is 27.3. The van der Waals surface area contributed by atoms with Gasteiger partial charge in [0.2, 0.25) is 13.4 Å². The summed E-state index contributed by atoms with van der Waals surface area (Å²) in [4.78, 5) is 16.3. The molecule has 0 bridgehead atoms. The van der Waals surface area contributed by atoms with Crippen LogP contribution in [0, 0.1) is 41.5 Å². The summed E-state index contributed by atoms with van der Waals surface area (Å²) in [5.41, 5.74) is 49.7. The van der Waals surface area contributed by atoms with Gasteiger partial charge in [-0.05, 0) is 220 Å². The van der Waals surface area contributed by atoms with E-state index in [-0.39, 0.29) is 13.4 Å². The van der Waals surface area contributed by atoms with Crippen molar-refractivity contribution in [3.8, 4) is 55.9 Å². The van der Waals surface area contributed by atoms with E-state index in [1.165, 1.54) is 174 Å². The zero-order valence-corrected chi connectivity index (χ0v) is 78.3. The van der Waals surface area contributed by atoms with Crippen LogP contribution in [0.25, 0.3) is 99.5 Å². The first-order valence-electron chi connectivity index (χ1n) is 47.4. The number of fused-ring (bicyclic) bond motifs is 20. The molecule has 6 nitrogen and oxygen atoms in total. The van der Waals surface area contributed by atoms with Crippen molar-refractivity contribution in [2.75, 3.05) is 19.6 Å². The molecule has 27 rings (SSSR count). The number of rotatable bonds is 10. The van der Waals surface area contributed by atoms with Crippen molar-refractivity contribution < 1.29 is 0 Å². The smallest absolute Gasteiger partial charge is 0.255 e. The molecule has 0 saturated heterocycles. The van der Waals surface area contributed by atoms with Gasteiger partial charge in [0, 0.05) is 120 Å². The average molecular weight is 1760 g/mol. The summed E-state index contributed by atoms with van der Waals surface area (Å²) >= 11 is 4.02. The Hall–Kier alpha value is -15.1. The number of benzene rings is 19. The molecule has 11 heteroatoms. The van der Waals surface area contributed by atoms with E-state index in [4.69, 9.17) is 0 Å². The molecule has 0 saturated carbocycles. The van der Waals surface area contributed by atoms with Gasteiger partial charge in [0.05, 0.1) is 44.8 Å². The van der Waals surface area contributed by atoms with Crippen molar-refractivity contribution in [2.45, 2.75) is 87.3 Å². The Morgan fingerprint density at radius 2 is 0.533 bits per heavy atom. The van der Waals surface area contributed by atoms with E-state index >= 15 is 0 Å². The first-order valence-corrected chi connectivity index (χ1v) is 49.0. The molecule has 0 atom stereocenters. The van der Waals surface area contributed by atoms with Crippen molar-refractivity contribution in [1.29, 1.82) is 0 Å². The Labute approximate surface area is 797 Å². The highest BCUT2D eigenvalue weighted by molar-refractivity contribution is 8.00. The van der Waals surface area contributed by atoms with Gasteiger partial charge in [0.25, 0.3) is 6.71 Å². The fourth-order valence-corrected chi connectivity index (χ4v) is 27.1. The molecule has 19 aromatic carbocycles. The van der Waals surface area contributed by atoms with Crippen LogP contribution < -0.4 is 68.8 Å². The number of aryl methyl sites for hydroxylation is 6. The lowest BCUT2D eigenvalue weighted by molar-refractivity contribution is 0.590. The quantitative estimate of drug-likeness (QED) is 0.126. The van der Waals surface area contributed by atoms with Crippen molar-refractivity contribution in [3.63, 3.8) is 0 Å². The van der Waals surface area contributed by atoms with Gasteiger partial charge < -0.3 is 28.7 Å². The Morgan fingerprint density at radius 3 is 0.889 bits per heavy atom. The molecule has 6 aliphatic rings. The van der Waals surface area contributed by atoms with Crippen LogP contribution in [-0.4, -0.2) is 29.3 Å². The second-order valence-corrected chi connectivity index (χ2v) is 40.9. The topological polar surface area (TPSA) is 22.8 Å². The van der Waals surface area contributed by atoms with Crippen LogP contribution >= 0.6 is 23.5 Å². The van der Waals surface area contributed by atoms with E-state index in [9.17, 15) is 0 Å².